The first-order chi connectivity index (χ1) is 11.2. The van der Waals surface area contributed by atoms with Gasteiger partial charge in [0.05, 0.1) is 0 Å². The first-order valence-corrected chi connectivity index (χ1v) is 9.28. The van der Waals surface area contributed by atoms with E-state index in [4.69, 9.17) is 0 Å². The minimum Gasteiger partial charge on any atom is -0.0766 e. The van der Waals surface area contributed by atoms with Crippen LogP contribution in [0.3, 0.4) is 0 Å². The molecular formula is C24H26. The van der Waals surface area contributed by atoms with Crippen molar-refractivity contribution in [2.75, 3.05) is 0 Å². The minimum atomic E-state index is 0.122. The second-order valence-electron chi connectivity index (χ2n) is 9.21. The van der Waals surface area contributed by atoms with Crippen molar-refractivity contribution >= 4 is 16.3 Å². The molecule has 24 heavy (non-hydrogen) atoms. The summed E-state index contributed by atoms with van der Waals surface area (Å²) >= 11 is 0. The molecule has 1 unspecified atom stereocenters. The fraction of sp³-hybridized carbons (Fsp3) is 0.417. The van der Waals surface area contributed by atoms with Crippen LogP contribution >= 0.6 is 0 Å². The third kappa shape index (κ3) is 1.42. The first kappa shape index (κ1) is 14.5. The van der Waals surface area contributed by atoms with Crippen LogP contribution in [-0.4, -0.2) is 0 Å². The molecule has 122 valence electrons. The Morgan fingerprint density at radius 1 is 1.00 bits per heavy atom. The van der Waals surface area contributed by atoms with Gasteiger partial charge in [0.1, 0.15) is 0 Å². The van der Waals surface area contributed by atoms with Crippen LogP contribution < -0.4 is 0 Å². The summed E-state index contributed by atoms with van der Waals surface area (Å²) in [4.78, 5) is 0. The van der Waals surface area contributed by atoms with Crippen molar-refractivity contribution in [3.8, 4) is 0 Å². The van der Waals surface area contributed by atoms with Gasteiger partial charge < -0.3 is 0 Å². The molecule has 0 heterocycles. The predicted molar refractivity (Wildman–Crippen MR) is 104 cm³/mol. The van der Waals surface area contributed by atoms with Crippen molar-refractivity contribution < 1.29 is 0 Å². The van der Waals surface area contributed by atoms with E-state index in [1.54, 1.807) is 27.8 Å². The van der Waals surface area contributed by atoms with Gasteiger partial charge >= 0.3 is 0 Å². The van der Waals surface area contributed by atoms with Crippen molar-refractivity contribution in [1.82, 2.24) is 0 Å². The van der Waals surface area contributed by atoms with Crippen LogP contribution in [0.25, 0.3) is 16.3 Å². The van der Waals surface area contributed by atoms with Gasteiger partial charge in [-0.15, -0.1) is 0 Å². The quantitative estimate of drug-likeness (QED) is 0.524. The van der Waals surface area contributed by atoms with Crippen molar-refractivity contribution in [2.24, 2.45) is 5.92 Å². The lowest BCUT2D eigenvalue weighted by Crippen LogP contribution is -2.28. The second-order valence-corrected chi connectivity index (χ2v) is 9.21. The monoisotopic (exact) mass is 314 g/mol. The summed E-state index contributed by atoms with van der Waals surface area (Å²) < 4.78 is 0. The zero-order chi connectivity index (χ0) is 17.0. The molecule has 5 rings (SSSR count). The molecule has 2 aromatic carbocycles. The van der Waals surface area contributed by atoms with Crippen LogP contribution in [-0.2, 0) is 10.8 Å². The molecule has 0 N–H and O–H groups in total. The molecule has 1 atom stereocenters. The second kappa shape index (κ2) is 4.04. The van der Waals surface area contributed by atoms with E-state index < -0.39 is 0 Å². The van der Waals surface area contributed by atoms with Gasteiger partial charge in [-0.3, -0.25) is 0 Å². The fourth-order valence-electron chi connectivity index (χ4n) is 5.62. The fourth-order valence-corrected chi connectivity index (χ4v) is 5.62. The Labute approximate surface area is 145 Å². The molecule has 0 fully saturated rings. The van der Waals surface area contributed by atoms with Gasteiger partial charge in [0.2, 0.25) is 0 Å². The first-order valence-electron chi connectivity index (χ1n) is 9.28. The summed E-state index contributed by atoms with van der Waals surface area (Å²) in [7, 11) is 0. The Hall–Kier alpha value is -1.82. The third-order valence-corrected chi connectivity index (χ3v) is 6.94. The maximum atomic E-state index is 2.56. The Morgan fingerprint density at radius 3 is 2.50 bits per heavy atom. The number of aryl methyl sites for hydroxylation is 1. The van der Waals surface area contributed by atoms with Crippen molar-refractivity contribution in [1.29, 1.82) is 0 Å². The summed E-state index contributed by atoms with van der Waals surface area (Å²) in [5.74, 6) is 0.633. The Kier molecular flexibility index (Phi) is 2.45. The average Bonchev–Trinajstić information content (AvgIpc) is 2.74. The van der Waals surface area contributed by atoms with E-state index >= 15 is 0 Å². The highest BCUT2D eigenvalue weighted by Gasteiger charge is 2.48. The molecule has 0 heteroatoms. The molecular weight excluding hydrogens is 288 g/mol. The summed E-state index contributed by atoms with van der Waals surface area (Å²) in [6.07, 6.45) is 3.76. The largest absolute Gasteiger partial charge is 0.0766 e. The molecule has 2 aromatic rings. The number of benzene rings is 2. The molecule has 0 aromatic heterocycles. The lowest BCUT2D eigenvalue weighted by Gasteiger charge is -2.40. The highest BCUT2D eigenvalue weighted by atomic mass is 14.5. The lowest BCUT2D eigenvalue weighted by atomic mass is 9.64. The van der Waals surface area contributed by atoms with E-state index in [0.29, 0.717) is 5.92 Å². The normalized spacial score (nSPS) is 25.2. The van der Waals surface area contributed by atoms with Gasteiger partial charge in [0, 0.05) is 10.8 Å². The maximum Gasteiger partial charge on any atom is 0.0156 e. The molecule has 0 radical (unpaired) electrons. The van der Waals surface area contributed by atoms with Gasteiger partial charge in [0.25, 0.3) is 0 Å². The van der Waals surface area contributed by atoms with Crippen LogP contribution in [0, 0.1) is 12.8 Å². The number of rotatable bonds is 0. The summed E-state index contributed by atoms with van der Waals surface area (Å²) in [5, 5.41) is 2.98. The molecule has 0 saturated carbocycles. The molecule has 0 amide bonds. The molecule has 0 bridgehead atoms. The van der Waals surface area contributed by atoms with Crippen LogP contribution in [0.1, 0.15) is 63.3 Å². The molecule has 0 nitrogen and oxygen atoms in total. The van der Waals surface area contributed by atoms with E-state index in [2.05, 4.69) is 71.9 Å². The topological polar surface area (TPSA) is 0 Å². The number of hydrogen-bond donors (Lipinski definition) is 0. The molecule has 0 aliphatic heterocycles. The van der Waals surface area contributed by atoms with Gasteiger partial charge in [-0.2, -0.15) is 0 Å². The Balaban J connectivity index is 2.08. The maximum absolute atomic E-state index is 2.56. The standard InChI is InChI=1S/C24H26/c1-13-10-17-21-18(11-13)24(5,6)19-12-14(2)15-8-7-9-16(23(17,3)4)20(15)22(19)21/h7-9,11-13H,10H2,1-6H3. The molecule has 0 spiro atoms. The molecule has 3 aliphatic rings. The Morgan fingerprint density at radius 2 is 1.75 bits per heavy atom. The van der Waals surface area contributed by atoms with Gasteiger partial charge in [-0.25, -0.2) is 0 Å². The van der Waals surface area contributed by atoms with Crippen LogP contribution in [0.2, 0.25) is 0 Å². The van der Waals surface area contributed by atoms with E-state index in [1.807, 2.05) is 0 Å². The van der Waals surface area contributed by atoms with Crippen LogP contribution in [0.5, 0.6) is 0 Å². The van der Waals surface area contributed by atoms with Crippen LogP contribution in [0.15, 0.2) is 41.5 Å². The smallest absolute Gasteiger partial charge is 0.0156 e. The highest BCUT2D eigenvalue weighted by Crippen LogP contribution is 2.62. The zero-order valence-electron chi connectivity index (χ0n) is 15.7. The van der Waals surface area contributed by atoms with Crippen molar-refractivity contribution in [3.63, 3.8) is 0 Å². The van der Waals surface area contributed by atoms with E-state index in [9.17, 15) is 0 Å². The minimum absolute atomic E-state index is 0.122. The van der Waals surface area contributed by atoms with Crippen molar-refractivity contribution in [3.05, 3.63) is 63.7 Å². The number of hydrogen-bond acceptors (Lipinski definition) is 0. The predicted octanol–water partition coefficient (Wildman–Crippen LogP) is 6.45. The summed E-state index contributed by atoms with van der Waals surface area (Å²) in [5.41, 5.74) is 11.2. The highest BCUT2D eigenvalue weighted by molar-refractivity contribution is 6.10. The zero-order valence-corrected chi connectivity index (χ0v) is 15.7. The van der Waals surface area contributed by atoms with Crippen LogP contribution in [0.4, 0.5) is 0 Å². The molecule has 3 aliphatic carbocycles. The van der Waals surface area contributed by atoms with Gasteiger partial charge in [-0.05, 0) is 63.4 Å². The van der Waals surface area contributed by atoms with E-state index in [0.717, 1.165) is 0 Å². The average molecular weight is 314 g/mol. The molecule has 0 saturated heterocycles. The lowest BCUT2D eigenvalue weighted by molar-refractivity contribution is 0.544. The van der Waals surface area contributed by atoms with E-state index in [1.165, 1.54) is 28.3 Å². The van der Waals surface area contributed by atoms with Gasteiger partial charge in [-0.1, -0.05) is 70.5 Å². The SMILES string of the molecule is Cc1cc2c3c4c(cccc14)C(C)(C)C1=C3C(=CC(C)C1)C2(C)C. The van der Waals surface area contributed by atoms with Gasteiger partial charge in [0.15, 0.2) is 0 Å². The van der Waals surface area contributed by atoms with Crippen molar-refractivity contribution in [2.45, 2.75) is 58.8 Å². The summed E-state index contributed by atoms with van der Waals surface area (Å²) in [6.45, 7) is 14.4. The third-order valence-electron chi connectivity index (χ3n) is 6.94. The number of allylic oxidation sites excluding steroid dienone is 4. The van der Waals surface area contributed by atoms with E-state index in [-0.39, 0.29) is 10.8 Å². The Bertz CT molecular complexity index is 992. The summed E-state index contributed by atoms with van der Waals surface area (Å²) in [6, 6.07) is 9.41.